The lowest BCUT2D eigenvalue weighted by Gasteiger charge is -2.22. The largest absolute Gasteiger partial charge is 0.310 e. The molecular formula is C17H24N2S. The molecule has 0 aliphatic heterocycles. The zero-order valence-corrected chi connectivity index (χ0v) is 13.1. The maximum Gasteiger partial charge on any atom is 0.0809 e. The summed E-state index contributed by atoms with van der Waals surface area (Å²) in [5.74, 6) is 0.960. The van der Waals surface area contributed by atoms with Crippen LogP contribution in [-0.2, 0) is 0 Å². The second kappa shape index (κ2) is 6.68. The van der Waals surface area contributed by atoms with Crippen LogP contribution in [0.2, 0.25) is 0 Å². The van der Waals surface area contributed by atoms with E-state index >= 15 is 0 Å². The molecule has 1 N–H and O–H groups in total. The second-order valence-corrected chi connectivity index (χ2v) is 6.99. The van der Waals surface area contributed by atoms with E-state index in [9.17, 15) is 0 Å². The predicted octanol–water partition coefficient (Wildman–Crippen LogP) is 4.92. The maximum absolute atomic E-state index is 4.53. The molecule has 1 unspecified atom stereocenters. The van der Waals surface area contributed by atoms with Crippen LogP contribution in [0.3, 0.4) is 0 Å². The third kappa shape index (κ3) is 3.39. The number of hydrogen-bond donors (Lipinski definition) is 1. The third-order valence-electron chi connectivity index (χ3n) is 4.55. The van der Waals surface area contributed by atoms with Gasteiger partial charge in [-0.2, -0.15) is 0 Å². The van der Waals surface area contributed by atoms with Gasteiger partial charge in [-0.3, -0.25) is 4.98 Å². The van der Waals surface area contributed by atoms with Crippen LogP contribution < -0.4 is 5.32 Å². The Morgan fingerprint density at radius 1 is 1.35 bits per heavy atom. The fraction of sp³-hybridized carbons (Fsp3) is 0.588. The van der Waals surface area contributed by atoms with Crippen molar-refractivity contribution in [1.29, 1.82) is 0 Å². The molecule has 1 saturated carbocycles. The van der Waals surface area contributed by atoms with Crippen molar-refractivity contribution in [3.05, 3.63) is 29.3 Å². The summed E-state index contributed by atoms with van der Waals surface area (Å²) in [4.78, 5) is 4.53. The molecule has 108 valence electrons. The van der Waals surface area contributed by atoms with Gasteiger partial charge in [0.25, 0.3) is 0 Å². The van der Waals surface area contributed by atoms with E-state index in [0.717, 1.165) is 18.0 Å². The van der Waals surface area contributed by atoms with Gasteiger partial charge in [-0.05, 0) is 48.9 Å². The summed E-state index contributed by atoms with van der Waals surface area (Å²) in [6.45, 7) is 3.38. The van der Waals surface area contributed by atoms with Gasteiger partial charge in [0.05, 0.1) is 10.2 Å². The zero-order valence-electron chi connectivity index (χ0n) is 12.3. The third-order valence-corrected chi connectivity index (χ3v) is 5.40. The standard InChI is InChI=1S/C17H24N2S/c1-13(18-9-7-14-5-3-2-4-6-14)15-11-17-16(19-12-15)8-10-20-17/h8,10-14,18H,2-7,9H2,1H3. The minimum Gasteiger partial charge on any atom is -0.310 e. The van der Waals surface area contributed by atoms with E-state index < -0.39 is 0 Å². The molecular weight excluding hydrogens is 264 g/mol. The highest BCUT2D eigenvalue weighted by Gasteiger charge is 2.13. The van der Waals surface area contributed by atoms with Gasteiger partial charge in [0, 0.05) is 12.2 Å². The molecule has 2 nitrogen and oxygen atoms in total. The lowest BCUT2D eigenvalue weighted by Crippen LogP contribution is -2.22. The van der Waals surface area contributed by atoms with Crippen molar-refractivity contribution >= 4 is 21.6 Å². The van der Waals surface area contributed by atoms with Crippen LogP contribution in [0.1, 0.15) is 57.1 Å². The van der Waals surface area contributed by atoms with Gasteiger partial charge in [0.1, 0.15) is 0 Å². The van der Waals surface area contributed by atoms with Crippen molar-refractivity contribution in [1.82, 2.24) is 10.3 Å². The average Bonchev–Trinajstić information content (AvgIpc) is 2.95. The fourth-order valence-corrected chi connectivity index (χ4v) is 3.99. The molecule has 1 aliphatic rings. The molecule has 0 saturated heterocycles. The van der Waals surface area contributed by atoms with E-state index in [1.807, 2.05) is 6.20 Å². The number of nitrogens with one attached hydrogen (secondary N) is 1. The van der Waals surface area contributed by atoms with E-state index in [0.29, 0.717) is 6.04 Å². The maximum atomic E-state index is 4.53. The van der Waals surface area contributed by atoms with Crippen LogP contribution in [0.4, 0.5) is 0 Å². The van der Waals surface area contributed by atoms with E-state index in [1.165, 1.54) is 48.8 Å². The molecule has 0 spiro atoms. The average molecular weight is 288 g/mol. The molecule has 0 amide bonds. The Balaban J connectivity index is 1.51. The summed E-state index contributed by atoms with van der Waals surface area (Å²) < 4.78 is 1.29. The Labute approximate surface area is 125 Å². The minimum atomic E-state index is 0.401. The van der Waals surface area contributed by atoms with Gasteiger partial charge >= 0.3 is 0 Å². The quantitative estimate of drug-likeness (QED) is 0.845. The zero-order chi connectivity index (χ0) is 13.8. The first-order valence-electron chi connectivity index (χ1n) is 7.89. The van der Waals surface area contributed by atoms with Crippen LogP contribution in [0.25, 0.3) is 10.2 Å². The van der Waals surface area contributed by atoms with Crippen molar-refractivity contribution in [3.63, 3.8) is 0 Å². The van der Waals surface area contributed by atoms with Crippen molar-refractivity contribution < 1.29 is 0 Å². The summed E-state index contributed by atoms with van der Waals surface area (Å²) in [6, 6.07) is 4.77. The predicted molar refractivity (Wildman–Crippen MR) is 87.2 cm³/mol. The van der Waals surface area contributed by atoms with E-state index in [4.69, 9.17) is 0 Å². The first-order chi connectivity index (χ1) is 9.83. The number of hydrogen-bond acceptors (Lipinski definition) is 3. The highest BCUT2D eigenvalue weighted by atomic mass is 32.1. The molecule has 2 aromatic rings. The van der Waals surface area contributed by atoms with E-state index in [1.54, 1.807) is 11.3 Å². The lowest BCUT2D eigenvalue weighted by atomic mass is 9.87. The monoisotopic (exact) mass is 288 g/mol. The van der Waals surface area contributed by atoms with Crippen LogP contribution in [0.5, 0.6) is 0 Å². The second-order valence-electron chi connectivity index (χ2n) is 6.04. The fourth-order valence-electron chi connectivity index (χ4n) is 3.20. The van der Waals surface area contributed by atoms with Crippen molar-refractivity contribution in [2.75, 3.05) is 6.54 Å². The number of nitrogens with zero attached hydrogens (tertiary/aromatic N) is 1. The summed E-state index contributed by atoms with van der Waals surface area (Å²) in [5.41, 5.74) is 2.43. The molecule has 2 heterocycles. The molecule has 1 atom stereocenters. The van der Waals surface area contributed by atoms with Gasteiger partial charge < -0.3 is 5.32 Å². The van der Waals surface area contributed by atoms with Crippen LogP contribution in [0, 0.1) is 5.92 Å². The van der Waals surface area contributed by atoms with Crippen molar-refractivity contribution in [2.24, 2.45) is 5.92 Å². The van der Waals surface area contributed by atoms with E-state index in [2.05, 4.69) is 34.7 Å². The van der Waals surface area contributed by atoms with Crippen molar-refractivity contribution in [2.45, 2.75) is 51.5 Å². The summed E-state index contributed by atoms with van der Waals surface area (Å²) >= 11 is 1.78. The highest BCUT2D eigenvalue weighted by Crippen LogP contribution is 2.26. The van der Waals surface area contributed by atoms with Gasteiger partial charge in [-0.25, -0.2) is 0 Å². The van der Waals surface area contributed by atoms with Gasteiger partial charge in [-0.1, -0.05) is 32.1 Å². The Morgan fingerprint density at radius 2 is 2.20 bits per heavy atom. The molecule has 1 aliphatic carbocycles. The number of fused-ring (bicyclic) bond motifs is 1. The number of aromatic nitrogens is 1. The SMILES string of the molecule is CC(NCCC1CCCCC1)c1cnc2ccsc2c1. The van der Waals surface area contributed by atoms with Crippen LogP contribution in [0.15, 0.2) is 23.7 Å². The van der Waals surface area contributed by atoms with E-state index in [-0.39, 0.29) is 0 Å². The van der Waals surface area contributed by atoms with Gasteiger partial charge in [-0.15, -0.1) is 11.3 Å². The van der Waals surface area contributed by atoms with Crippen LogP contribution >= 0.6 is 11.3 Å². The molecule has 0 aromatic carbocycles. The topological polar surface area (TPSA) is 24.9 Å². The molecule has 0 bridgehead atoms. The Hall–Kier alpha value is -0.930. The lowest BCUT2D eigenvalue weighted by molar-refractivity contribution is 0.329. The van der Waals surface area contributed by atoms with Gasteiger partial charge in [0.2, 0.25) is 0 Å². The summed E-state index contributed by atoms with van der Waals surface area (Å²) in [6.07, 6.45) is 10.6. The smallest absolute Gasteiger partial charge is 0.0809 e. The number of thiophene rings is 1. The molecule has 1 fully saturated rings. The van der Waals surface area contributed by atoms with Crippen molar-refractivity contribution in [3.8, 4) is 0 Å². The first kappa shape index (κ1) is 14.0. The molecule has 3 heteroatoms. The normalized spacial score (nSPS) is 18.4. The Morgan fingerprint density at radius 3 is 3.05 bits per heavy atom. The molecule has 3 rings (SSSR count). The Kier molecular flexibility index (Phi) is 4.69. The number of pyridine rings is 1. The highest BCUT2D eigenvalue weighted by molar-refractivity contribution is 7.17. The minimum absolute atomic E-state index is 0.401. The molecule has 0 radical (unpaired) electrons. The molecule has 2 aromatic heterocycles. The summed E-state index contributed by atoms with van der Waals surface area (Å²) in [7, 11) is 0. The first-order valence-corrected chi connectivity index (χ1v) is 8.77. The number of rotatable bonds is 5. The Bertz CT molecular complexity index is 543. The van der Waals surface area contributed by atoms with Gasteiger partial charge in [0.15, 0.2) is 0 Å². The molecule has 20 heavy (non-hydrogen) atoms. The summed E-state index contributed by atoms with van der Waals surface area (Å²) in [5, 5.41) is 5.78. The van der Waals surface area contributed by atoms with Crippen LogP contribution in [-0.4, -0.2) is 11.5 Å².